The van der Waals surface area contributed by atoms with Crippen molar-refractivity contribution in [3.8, 4) is 0 Å². The summed E-state index contributed by atoms with van der Waals surface area (Å²) < 4.78 is 0. The van der Waals surface area contributed by atoms with Gasteiger partial charge < -0.3 is 5.32 Å². The molecule has 3 unspecified atom stereocenters. The average molecular weight is 258 g/mol. The van der Waals surface area contributed by atoms with Crippen LogP contribution in [-0.2, 0) is 6.42 Å². The first kappa shape index (κ1) is 13.1. The van der Waals surface area contributed by atoms with Crippen molar-refractivity contribution in [3.05, 3.63) is 35.4 Å². The van der Waals surface area contributed by atoms with Gasteiger partial charge in [0.15, 0.2) is 0 Å². The molecule has 1 aromatic rings. The van der Waals surface area contributed by atoms with Crippen molar-refractivity contribution < 1.29 is 0 Å². The number of benzene rings is 1. The molecule has 1 N–H and O–H groups in total. The fourth-order valence-corrected chi connectivity index (χ4v) is 3.87. The Balaban J connectivity index is 1.57. The summed E-state index contributed by atoms with van der Waals surface area (Å²) in [5.41, 5.74) is 2.91. The minimum Gasteiger partial charge on any atom is -0.310 e. The highest BCUT2D eigenvalue weighted by Crippen LogP contribution is 2.28. The van der Waals surface area contributed by atoms with Crippen LogP contribution in [0.5, 0.6) is 0 Å². The molecular weight excluding hydrogens is 232 g/mol. The minimum atomic E-state index is 0.576. The van der Waals surface area contributed by atoms with Crippen LogP contribution in [0.25, 0.3) is 0 Å². The van der Waals surface area contributed by atoms with Crippen LogP contribution in [0.15, 0.2) is 24.3 Å². The van der Waals surface area contributed by atoms with Crippen LogP contribution < -0.4 is 5.32 Å². The van der Waals surface area contributed by atoms with Gasteiger partial charge in [-0.25, -0.2) is 0 Å². The van der Waals surface area contributed by atoms with E-state index in [1.807, 2.05) is 0 Å². The summed E-state index contributed by atoms with van der Waals surface area (Å²) in [5, 5.41) is 3.88. The zero-order valence-electron chi connectivity index (χ0n) is 12.2. The van der Waals surface area contributed by atoms with E-state index < -0.39 is 0 Å². The maximum atomic E-state index is 3.88. The molecule has 2 saturated heterocycles. The zero-order valence-corrected chi connectivity index (χ0v) is 12.2. The Bertz CT molecular complexity index is 429. The third-order valence-corrected chi connectivity index (χ3v) is 4.89. The van der Waals surface area contributed by atoms with Crippen LogP contribution in [0.3, 0.4) is 0 Å². The van der Waals surface area contributed by atoms with Crippen molar-refractivity contribution in [1.29, 1.82) is 0 Å². The van der Waals surface area contributed by atoms with E-state index in [1.165, 1.54) is 43.5 Å². The van der Waals surface area contributed by atoms with E-state index in [0.29, 0.717) is 6.04 Å². The van der Waals surface area contributed by atoms with Gasteiger partial charge in [0, 0.05) is 24.7 Å². The molecule has 0 spiro atoms. The van der Waals surface area contributed by atoms with Crippen LogP contribution >= 0.6 is 0 Å². The Labute approximate surface area is 117 Å². The van der Waals surface area contributed by atoms with Crippen LogP contribution in [0.1, 0.15) is 37.3 Å². The van der Waals surface area contributed by atoms with Crippen LogP contribution in [0.2, 0.25) is 0 Å². The number of nitrogens with one attached hydrogen (secondary N) is 1. The third-order valence-electron chi connectivity index (χ3n) is 4.89. The topological polar surface area (TPSA) is 15.3 Å². The van der Waals surface area contributed by atoms with E-state index in [9.17, 15) is 0 Å². The molecule has 0 aromatic heterocycles. The van der Waals surface area contributed by atoms with Crippen molar-refractivity contribution in [2.24, 2.45) is 0 Å². The largest absolute Gasteiger partial charge is 0.310 e. The van der Waals surface area contributed by atoms with Gasteiger partial charge in [-0.15, -0.1) is 0 Å². The second-order valence-electron chi connectivity index (χ2n) is 6.34. The summed E-state index contributed by atoms with van der Waals surface area (Å²) in [6.45, 7) is 7.19. The van der Waals surface area contributed by atoms with Gasteiger partial charge in [0.1, 0.15) is 0 Å². The maximum absolute atomic E-state index is 3.88. The smallest absolute Gasteiger partial charge is 0.0250 e. The second kappa shape index (κ2) is 5.64. The summed E-state index contributed by atoms with van der Waals surface area (Å²) in [7, 11) is 0. The van der Waals surface area contributed by atoms with Crippen LogP contribution in [0, 0.1) is 6.92 Å². The fraction of sp³-hybridized carbons (Fsp3) is 0.647. The van der Waals surface area contributed by atoms with Gasteiger partial charge in [-0.3, -0.25) is 4.90 Å². The number of hydrogen-bond donors (Lipinski definition) is 1. The van der Waals surface area contributed by atoms with Crippen molar-refractivity contribution in [3.63, 3.8) is 0 Å². The first-order valence-corrected chi connectivity index (χ1v) is 7.78. The molecule has 0 amide bonds. The SMILES string of the molecule is Cc1ccccc1CC(C)NC1CCN2CCCC12. The lowest BCUT2D eigenvalue weighted by Crippen LogP contribution is -2.44. The minimum absolute atomic E-state index is 0.576. The molecule has 3 rings (SSSR count). The standard InChI is InChI=1S/C17H26N2/c1-13-6-3-4-7-15(13)12-14(2)18-16-9-11-19-10-5-8-17(16)19/h3-4,6-7,14,16-18H,5,8-12H2,1-2H3. The summed E-state index contributed by atoms with van der Waals surface area (Å²) in [5.74, 6) is 0. The van der Waals surface area contributed by atoms with E-state index in [4.69, 9.17) is 0 Å². The van der Waals surface area contributed by atoms with Crippen LogP contribution in [0.4, 0.5) is 0 Å². The quantitative estimate of drug-likeness (QED) is 0.893. The molecule has 2 heteroatoms. The number of aryl methyl sites for hydroxylation is 1. The Kier molecular flexibility index (Phi) is 3.90. The summed E-state index contributed by atoms with van der Waals surface area (Å²) >= 11 is 0. The Hall–Kier alpha value is -0.860. The Morgan fingerprint density at radius 2 is 2.11 bits per heavy atom. The molecule has 19 heavy (non-hydrogen) atoms. The lowest BCUT2D eigenvalue weighted by molar-refractivity contribution is 0.290. The summed E-state index contributed by atoms with van der Waals surface area (Å²) in [4.78, 5) is 2.68. The number of hydrogen-bond acceptors (Lipinski definition) is 2. The molecule has 2 nitrogen and oxygen atoms in total. The molecule has 2 heterocycles. The van der Waals surface area contributed by atoms with Gasteiger partial charge in [-0.2, -0.15) is 0 Å². The Morgan fingerprint density at radius 1 is 1.26 bits per heavy atom. The first-order chi connectivity index (χ1) is 9.24. The van der Waals surface area contributed by atoms with Gasteiger partial charge >= 0.3 is 0 Å². The normalized spacial score (nSPS) is 28.5. The highest BCUT2D eigenvalue weighted by molar-refractivity contribution is 5.26. The maximum Gasteiger partial charge on any atom is 0.0250 e. The lowest BCUT2D eigenvalue weighted by Gasteiger charge is -2.25. The van der Waals surface area contributed by atoms with Gasteiger partial charge in [0.05, 0.1) is 0 Å². The van der Waals surface area contributed by atoms with E-state index in [2.05, 4.69) is 48.3 Å². The average Bonchev–Trinajstić information content (AvgIpc) is 2.97. The van der Waals surface area contributed by atoms with E-state index in [-0.39, 0.29) is 0 Å². The highest BCUT2D eigenvalue weighted by Gasteiger charge is 2.37. The second-order valence-corrected chi connectivity index (χ2v) is 6.34. The molecule has 2 fully saturated rings. The van der Waals surface area contributed by atoms with Gasteiger partial charge in [0.2, 0.25) is 0 Å². The predicted molar refractivity (Wildman–Crippen MR) is 80.5 cm³/mol. The molecular formula is C17H26N2. The Morgan fingerprint density at radius 3 is 2.95 bits per heavy atom. The van der Waals surface area contributed by atoms with Crippen molar-refractivity contribution >= 4 is 0 Å². The fourth-order valence-electron chi connectivity index (χ4n) is 3.87. The highest BCUT2D eigenvalue weighted by atomic mass is 15.2. The summed E-state index contributed by atoms with van der Waals surface area (Å²) in [6, 6.07) is 10.9. The zero-order chi connectivity index (χ0) is 13.2. The molecule has 104 valence electrons. The molecule has 1 aromatic carbocycles. The number of nitrogens with zero attached hydrogens (tertiary/aromatic N) is 1. The van der Waals surface area contributed by atoms with Crippen LogP contribution in [-0.4, -0.2) is 36.1 Å². The number of rotatable bonds is 4. The van der Waals surface area contributed by atoms with Crippen molar-refractivity contribution in [2.75, 3.05) is 13.1 Å². The molecule has 0 saturated carbocycles. The number of fused-ring (bicyclic) bond motifs is 1. The predicted octanol–water partition coefficient (Wildman–Crippen LogP) is 2.75. The third kappa shape index (κ3) is 2.85. The van der Waals surface area contributed by atoms with Crippen molar-refractivity contribution in [1.82, 2.24) is 10.2 Å². The molecule has 2 aliphatic heterocycles. The molecule has 3 atom stereocenters. The molecule has 0 aliphatic carbocycles. The lowest BCUT2D eigenvalue weighted by atomic mass is 10.00. The molecule has 0 bridgehead atoms. The summed E-state index contributed by atoms with van der Waals surface area (Å²) in [6.07, 6.45) is 5.28. The van der Waals surface area contributed by atoms with Crippen molar-refractivity contribution in [2.45, 2.75) is 57.7 Å². The molecule has 0 radical (unpaired) electrons. The first-order valence-electron chi connectivity index (χ1n) is 7.78. The van der Waals surface area contributed by atoms with E-state index in [0.717, 1.165) is 18.5 Å². The monoisotopic (exact) mass is 258 g/mol. The van der Waals surface area contributed by atoms with E-state index >= 15 is 0 Å². The van der Waals surface area contributed by atoms with E-state index in [1.54, 1.807) is 0 Å². The van der Waals surface area contributed by atoms with Gasteiger partial charge in [-0.05, 0) is 57.2 Å². The van der Waals surface area contributed by atoms with Gasteiger partial charge in [0.25, 0.3) is 0 Å². The molecule has 2 aliphatic rings. The van der Waals surface area contributed by atoms with Gasteiger partial charge in [-0.1, -0.05) is 24.3 Å².